The molecule has 0 aromatic heterocycles. The summed E-state index contributed by atoms with van der Waals surface area (Å²) in [6.07, 6.45) is 5.91. The molecule has 0 fully saturated rings. The van der Waals surface area contributed by atoms with Gasteiger partial charge in [-0.05, 0) is 34.5 Å². The summed E-state index contributed by atoms with van der Waals surface area (Å²) in [5, 5.41) is 12.2. The summed E-state index contributed by atoms with van der Waals surface area (Å²) in [5.74, 6) is 0.661. The summed E-state index contributed by atoms with van der Waals surface area (Å²) in [7, 11) is 0. The van der Waals surface area contributed by atoms with Gasteiger partial charge in [-0.25, -0.2) is 0 Å². The monoisotopic (exact) mass is 333 g/mol. The zero-order chi connectivity index (χ0) is 13.4. The smallest absolute Gasteiger partial charge is 0.142 e. The Kier molecular flexibility index (Phi) is 7.13. The van der Waals surface area contributed by atoms with Crippen LogP contribution in [0.25, 0.3) is 0 Å². The molecule has 5 heteroatoms. The maximum absolute atomic E-state index is 8.62. The third-order valence-corrected chi connectivity index (χ3v) is 3.29. The van der Waals surface area contributed by atoms with Crippen LogP contribution in [0.4, 0.5) is 0 Å². The lowest BCUT2D eigenvalue weighted by Gasteiger charge is -2.11. The normalized spacial score (nSPS) is 11.1. The summed E-state index contributed by atoms with van der Waals surface area (Å²) in [6.45, 7) is 2.82. The van der Waals surface area contributed by atoms with Crippen LogP contribution in [-0.4, -0.2) is 18.0 Å². The highest BCUT2D eigenvalue weighted by Crippen LogP contribution is 2.32. The number of benzene rings is 1. The van der Waals surface area contributed by atoms with Crippen LogP contribution < -0.4 is 4.74 Å². The van der Waals surface area contributed by atoms with Gasteiger partial charge >= 0.3 is 0 Å². The number of oxime groups is 1. The molecular weight excluding hydrogens is 318 g/mol. The van der Waals surface area contributed by atoms with Crippen LogP contribution in [0, 0.1) is 0 Å². The van der Waals surface area contributed by atoms with Gasteiger partial charge in [0.1, 0.15) is 5.75 Å². The third-order valence-electron chi connectivity index (χ3n) is 2.48. The third kappa shape index (κ3) is 4.86. The standard InChI is InChI=1S/C13H17BrClNO2/c1-2-3-4-5-6-18-13-10(9-16-17)7-11(15)8-12(13)14/h7-9,17H,2-6H2,1H3/b16-9+. The molecule has 1 aromatic rings. The first-order chi connectivity index (χ1) is 8.69. The molecule has 0 saturated heterocycles. The highest BCUT2D eigenvalue weighted by molar-refractivity contribution is 9.10. The molecule has 0 bridgehead atoms. The Morgan fingerprint density at radius 3 is 2.83 bits per heavy atom. The zero-order valence-corrected chi connectivity index (χ0v) is 12.7. The summed E-state index contributed by atoms with van der Waals surface area (Å²) < 4.78 is 6.48. The van der Waals surface area contributed by atoms with Gasteiger partial charge in [0.2, 0.25) is 0 Å². The fourth-order valence-electron chi connectivity index (χ4n) is 1.59. The van der Waals surface area contributed by atoms with Crippen molar-refractivity contribution in [2.24, 2.45) is 5.16 Å². The van der Waals surface area contributed by atoms with E-state index in [2.05, 4.69) is 28.0 Å². The van der Waals surface area contributed by atoms with Crippen molar-refractivity contribution in [1.29, 1.82) is 0 Å². The maximum atomic E-state index is 8.62. The van der Waals surface area contributed by atoms with Crippen LogP contribution >= 0.6 is 27.5 Å². The van der Waals surface area contributed by atoms with Gasteiger partial charge < -0.3 is 9.94 Å². The molecule has 1 N–H and O–H groups in total. The minimum atomic E-state index is 0.565. The molecule has 0 radical (unpaired) electrons. The molecule has 18 heavy (non-hydrogen) atoms. The van der Waals surface area contributed by atoms with E-state index in [0.29, 0.717) is 22.9 Å². The molecule has 1 rings (SSSR count). The first kappa shape index (κ1) is 15.3. The summed E-state index contributed by atoms with van der Waals surface area (Å²) in [5.41, 5.74) is 0.660. The molecule has 0 unspecified atom stereocenters. The topological polar surface area (TPSA) is 41.8 Å². The second kappa shape index (κ2) is 8.38. The fraction of sp³-hybridized carbons (Fsp3) is 0.462. The Bertz CT molecular complexity index is 410. The molecule has 1 aromatic carbocycles. The maximum Gasteiger partial charge on any atom is 0.142 e. The van der Waals surface area contributed by atoms with Gasteiger partial charge in [0.05, 0.1) is 17.3 Å². The van der Waals surface area contributed by atoms with Crippen LogP contribution in [0.3, 0.4) is 0 Å². The summed E-state index contributed by atoms with van der Waals surface area (Å²) >= 11 is 9.33. The van der Waals surface area contributed by atoms with E-state index in [9.17, 15) is 0 Å². The van der Waals surface area contributed by atoms with Gasteiger partial charge in [0.15, 0.2) is 0 Å². The molecule has 100 valence electrons. The Hall–Kier alpha value is -0.740. The minimum absolute atomic E-state index is 0.565. The van der Waals surface area contributed by atoms with E-state index in [1.165, 1.54) is 19.1 Å². The average molecular weight is 335 g/mol. The predicted octanol–water partition coefficient (Wildman–Crippen LogP) is 4.87. The van der Waals surface area contributed by atoms with Crippen molar-refractivity contribution < 1.29 is 9.94 Å². The Morgan fingerprint density at radius 2 is 2.17 bits per heavy atom. The van der Waals surface area contributed by atoms with Crippen molar-refractivity contribution in [3.8, 4) is 5.75 Å². The molecule has 3 nitrogen and oxygen atoms in total. The second-order valence-electron chi connectivity index (χ2n) is 3.96. The predicted molar refractivity (Wildman–Crippen MR) is 78.2 cm³/mol. The van der Waals surface area contributed by atoms with Crippen molar-refractivity contribution in [1.82, 2.24) is 0 Å². The van der Waals surface area contributed by atoms with Crippen molar-refractivity contribution >= 4 is 33.7 Å². The largest absolute Gasteiger partial charge is 0.492 e. The molecule has 0 heterocycles. The van der Waals surface area contributed by atoms with E-state index in [4.69, 9.17) is 21.5 Å². The van der Waals surface area contributed by atoms with Crippen LogP contribution in [0.15, 0.2) is 21.8 Å². The number of hydrogen-bond acceptors (Lipinski definition) is 3. The lowest BCUT2D eigenvalue weighted by molar-refractivity contribution is 0.301. The summed E-state index contributed by atoms with van der Waals surface area (Å²) in [4.78, 5) is 0. The van der Waals surface area contributed by atoms with E-state index in [1.54, 1.807) is 12.1 Å². The summed E-state index contributed by atoms with van der Waals surface area (Å²) in [6, 6.07) is 3.46. The van der Waals surface area contributed by atoms with Gasteiger partial charge in [-0.15, -0.1) is 0 Å². The van der Waals surface area contributed by atoms with Gasteiger partial charge in [0.25, 0.3) is 0 Å². The number of unbranched alkanes of at least 4 members (excludes halogenated alkanes) is 3. The number of halogens is 2. The van der Waals surface area contributed by atoms with Crippen LogP contribution in [0.5, 0.6) is 5.75 Å². The minimum Gasteiger partial charge on any atom is -0.492 e. The Labute approximate surface area is 121 Å². The quantitative estimate of drug-likeness (QED) is 0.334. The van der Waals surface area contributed by atoms with Crippen molar-refractivity contribution in [2.75, 3.05) is 6.61 Å². The number of hydrogen-bond donors (Lipinski definition) is 1. The molecule has 0 amide bonds. The highest BCUT2D eigenvalue weighted by atomic mass is 79.9. The number of rotatable bonds is 7. The van der Waals surface area contributed by atoms with Crippen molar-refractivity contribution in [3.63, 3.8) is 0 Å². The molecule has 0 atom stereocenters. The van der Waals surface area contributed by atoms with Gasteiger partial charge in [0, 0.05) is 10.6 Å². The SMILES string of the molecule is CCCCCCOc1c(Br)cc(Cl)cc1/C=N/O. The van der Waals surface area contributed by atoms with Crippen LogP contribution in [0.2, 0.25) is 5.02 Å². The van der Waals surface area contributed by atoms with Gasteiger partial charge in [-0.3, -0.25) is 0 Å². The average Bonchev–Trinajstić information content (AvgIpc) is 2.32. The van der Waals surface area contributed by atoms with E-state index in [1.807, 2.05) is 0 Å². The van der Waals surface area contributed by atoms with Gasteiger partial charge in [-0.2, -0.15) is 0 Å². The van der Waals surface area contributed by atoms with E-state index >= 15 is 0 Å². The molecule has 0 aliphatic heterocycles. The Balaban J connectivity index is 2.68. The molecule has 0 aliphatic carbocycles. The molecule has 0 spiro atoms. The van der Waals surface area contributed by atoms with Gasteiger partial charge in [-0.1, -0.05) is 42.9 Å². The first-order valence-corrected chi connectivity index (χ1v) is 7.15. The van der Waals surface area contributed by atoms with Crippen LogP contribution in [0.1, 0.15) is 38.2 Å². The van der Waals surface area contributed by atoms with E-state index in [0.717, 1.165) is 17.3 Å². The first-order valence-electron chi connectivity index (χ1n) is 5.98. The van der Waals surface area contributed by atoms with Crippen LogP contribution in [-0.2, 0) is 0 Å². The van der Waals surface area contributed by atoms with E-state index in [-0.39, 0.29) is 0 Å². The lowest BCUT2D eigenvalue weighted by atomic mass is 10.2. The number of ether oxygens (including phenoxy) is 1. The fourth-order valence-corrected chi connectivity index (χ4v) is 2.54. The van der Waals surface area contributed by atoms with Crippen molar-refractivity contribution in [2.45, 2.75) is 32.6 Å². The second-order valence-corrected chi connectivity index (χ2v) is 5.25. The lowest BCUT2D eigenvalue weighted by Crippen LogP contribution is -2.01. The Morgan fingerprint density at radius 1 is 1.39 bits per heavy atom. The molecule has 0 aliphatic rings. The molecular formula is C13H17BrClNO2. The van der Waals surface area contributed by atoms with Crippen molar-refractivity contribution in [3.05, 3.63) is 27.2 Å². The number of nitrogens with zero attached hydrogens (tertiary/aromatic N) is 1. The highest BCUT2D eigenvalue weighted by Gasteiger charge is 2.09. The molecule has 0 saturated carbocycles. The van der Waals surface area contributed by atoms with E-state index < -0.39 is 0 Å². The zero-order valence-electron chi connectivity index (χ0n) is 10.3.